The van der Waals surface area contributed by atoms with Gasteiger partial charge in [0.05, 0.1) is 4.91 Å². The SMILES string of the molecule is CCCCCCCCN1C(=O)/C(=C\c2c(C)c(C#N)c(=O)n(CCC)c2N2CCC(Cc3ccccc3)CC2)SC1=S. The number of unbranched alkanes of at least 4 members (excludes halogenated alkanes) is 5. The van der Waals surface area contributed by atoms with Crippen LogP contribution in [0.25, 0.3) is 6.08 Å². The number of nitriles is 1. The number of hydrogen-bond donors (Lipinski definition) is 0. The van der Waals surface area contributed by atoms with Crippen molar-refractivity contribution in [1.82, 2.24) is 9.47 Å². The molecular formula is C34H44N4O2S2. The molecular weight excluding hydrogens is 561 g/mol. The number of benzene rings is 1. The summed E-state index contributed by atoms with van der Waals surface area (Å²) in [5.74, 6) is 1.34. The van der Waals surface area contributed by atoms with Gasteiger partial charge < -0.3 is 4.90 Å². The summed E-state index contributed by atoms with van der Waals surface area (Å²) in [5.41, 5.74) is 2.70. The molecule has 0 aliphatic carbocycles. The molecule has 1 aromatic heterocycles. The van der Waals surface area contributed by atoms with Gasteiger partial charge in [0.2, 0.25) is 0 Å². The van der Waals surface area contributed by atoms with Crippen LogP contribution in [0.4, 0.5) is 5.82 Å². The number of thioether (sulfide) groups is 1. The smallest absolute Gasteiger partial charge is 0.270 e. The molecule has 0 spiro atoms. The van der Waals surface area contributed by atoms with E-state index in [0.29, 0.717) is 33.8 Å². The summed E-state index contributed by atoms with van der Waals surface area (Å²) >= 11 is 6.97. The molecule has 0 atom stereocenters. The molecule has 2 aliphatic rings. The summed E-state index contributed by atoms with van der Waals surface area (Å²) in [5, 5.41) is 9.97. The standard InChI is InChI=1S/C34H44N4O2S2/c1-4-6-7-8-9-13-19-38-33(40)30(42-34(38)41)23-28-25(3)29(24-35)32(39)37(18-5-2)31(28)36-20-16-27(17-21-36)22-26-14-11-10-12-15-26/h10-12,14-15,23,27H,4-9,13,16-22H2,1-3H3/b30-23+. The maximum Gasteiger partial charge on any atom is 0.270 e. The Labute approximate surface area is 260 Å². The number of nitrogens with zero attached hydrogens (tertiary/aromatic N) is 4. The number of aromatic nitrogens is 1. The van der Waals surface area contributed by atoms with Gasteiger partial charge in [-0.1, -0.05) is 100 Å². The number of carbonyl (C=O) groups excluding carboxylic acids is 1. The molecule has 2 saturated heterocycles. The number of carbonyl (C=O) groups is 1. The lowest BCUT2D eigenvalue weighted by Crippen LogP contribution is -2.40. The maximum atomic E-state index is 13.5. The Bertz CT molecular complexity index is 1380. The van der Waals surface area contributed by atoms with Crippen molar-refractivity contribution < 1.29 is 4.79 Å². The van der Waals surface area contributed by atoms with E-state index in [1.165, 1.54) is 43.0 Å². The highest BCUT2D eigenvalue weighted by Gasteiger charge is 2.33. The van der Waals surface area contributed by atoms with Gasteiger partial charge in [0.15, 0.2) is 0 Å². The Morgan fingerprint density at radius 1 is 1.00 bits per heavy atom. The molecule has 3 heterocycles. The number of thiocarbonyl (C=S) groups is 1. The normalized spacial score (nSPS) is 17.0. The van der Waals surface area contributed by atoms with Crippen molar-refractivity contribution in [2.45, 2.75) is 91.5 Å². The first kappa shape index (κ1) is 32.0. The third-order valence-electron chi connectivity index (χ3n) is 8.46. The van der Waals surface area contributed by atoms with E-state index in [1.807, 2.05) is 19.9 Å². The van der Waals surface area contributed by atoms with Crippen molar-refractivity contribution in [3.63, 3.8) is 0 Å². The molecule has 0 saturated carbocycles. The monoisotopic (exact) mass is 604 g/mol. The van der Waals surface area contributed by atoms with Crippen molar-refractivity contribution in [2.24, 2.45) is 5.92 Å². The zero-order valence-electron chi connectivity index (χ0n) is 25.4. The van der Waals surface area contributed by atoms with E-state index in [0.717, 1.165) is 63.0 Å². The summed E-state index contributed by atoms with van der Waals surface area (Å²) in [7, 11) is 0. The second kappa shape index (κ2) is 15.5. The number of anilines is 1. The summed E-state index contributed by atoms with van der Waals surface area (Å²) in [6.45, 7) is 8.89. The highest BCUT2D eigenvalue weighted by Crippen LogP contribution is 2.37. The molecule has 2 fully saturated rings. The van der Waals surface area contributed by atoms with Gasteiger partial charge in [0, 0.05) is 31.7 Å². The Balaban J connectivity index is 1.61. The fourth-order valence-electron chi connectivity index (χ4n) is 6.09. The molecule has 1 aromatic carbocycles. The topological polar surface area (TPSA) is 69.3 Å². The molecule has 0 unspecified atom stereocenters. The van der Waals surface area contributed by atoms with E-state index in [-0.39, 0.29) is 17.0 Å². The number of rotatable bonds is 13. The number of hydrogen-bond acceptors (Lipinski definition) is 6. The van der Waals surface area contributed by atoms with Crippen LogP contribution in [-0.4, -0.2) is 39.3 Å². The van der Waals surface area contributed by atoms with Crippen LogP contribution in [-0.2, 0) is 17.8 Å². The van der Waals surface area contributed by atoms with Crippen LogP contribution in [0.5, 0.6) is 0 Å². The summed E-state index contributed by atoms with van der Waals surface area (Å²) in [4.78, 5) is 31.7. The van der Waals surface area contributed by atoms with E-state index < -0.39 is 0 Å². The van der Waals surface area contributed by atoms with E-state index in [4.69, 9.17) is 12.2 Å². The summed E-state index contributed by atoms with van der Waals surface area (Å²) in [6.07, 6.45) is 12.7. The molecule has 0 N–H and O–H groups in total. The van der Waals surface area contributed by atoms with Crippen LogP contribution in [0.3, 0.4) is 0 Å². The fraction of sp³-hybridized carbons (Fsp3) is 0.529. The third kappa shape index (κ3) is 7.54. The lowest BCUT2D eigenvalue weighted by atomic mass is 9.90. The molecule has 1 amide bonds. The summed E-state index contributed by atoms with van der Waals surface area (Å²) < 4.78 is 2.36. The van der Waals surface area contributed by atoms with E-state index in [1.54, 1.807) is 9.47 Å². The Kier molecular flexibility index (Phi) is 11.9. The highest BCUT2D eigenvalue weighted by atomic mass is 32.2. The summed E-state index contributed by atoms with van der Waals surface area (Å²) in [6, 6.07) is 12.8. The first-order chi connectivity index (χ1) is 20.4. The van der Waals surface area contributed by atoms with E-state index in [2.05, 4.69) is 48.2 Å². The quantitative estimate of drug-likeness (QED) is 0.134. The first-order valence-corrected chi connectivity index (χ1v) is 16.8. The van der Waals surface area contributed by atoms with Crippen LogP contribution in [0.2, 0.25) is 0 Å². The van der Waals surface area contributed by atoms with Gasteiger partial charge in [-0.25, -0.2) is 0 Å². The van der Waals surface area contributed by atoms with E-state index in [9.17, 15) is 14.9 Å². The predicted molar refractivity (Wildman–Crippen MR) is 179 cm³/mol. The lowest BCUT2D eigenvalue weighted by Gasteiger charge is -2.36. The number of amides is 1. The van der Waals surface area contributed by atoms with Crippen LogP contribution >= 0.6 is 24.0 Å². The van der Waals surface area contributed by atoms with Crippen molar-refractivity contribution >= 4 is 46.1 Å². The van der Waals surface area contributed by atoms with Gasteiger partial charge in [-0.3, -0.25) is 19.1 Å². The Morgan fingerprint density at radius 2 is 1.69 bits per heavy atom. The minimum absolute atomic E-state index is 0.0720. The largest absolute Gasteiger partial charge is 0.357 e. The molecule has 8 heteroatoms. The molecule has 4 rings (SSSR count). The van der Waals surface area contributed by atoms with Crippen molar-refractivity contribution in [1.29, 1.82) is 5.26 Å². The lowest BCUT2D eigenvalue weighted by molar-refractivity contribution is -0.122. The third-order valence-corrected chi connectivity index (χ3v) is 9.84. The molecule has 2 aromatic rings. The van der Waals surface area contributed by atoms with Crippen LogP contribution in [0.1, 0.15) is 93.9 Å². The maximum absolute atomic E-state index is 13.5. The molecule has 0 bridgehead atoms. The van der Waals surface area contributed by atoms with Crippen LogP contribution in [0.15, 0.2) is 40.0 Å². The molecule has 0 radical (unpaired) electrons. The van der Waals surface area contributed by atoms with Crippen molar-refractivity contribution in [2.75, 3.05) is 24.5 Å². The highest BCUT2D eigenvalue weighted by molar-refractivity contribution is 8.26. The van der Waals surface area contributed by atoms with Gasteiger partial charge >= 0.3 is 0 Å². The van der Waals surface area contributed by atoms with E-state index >= 15 is 0 Å². The average molecular weight is 605 g/mol. The Hall–Kier alpha value is -2.89. The van der Waals surface area contributed by atoms with Crippen molar-refractivity contribution in [3.05, 3.63) is 67.8 Å². The van der Waals surface area contributed by atoms with Crippen LogP contribution < -0.4 is 10.5 Å². The van der Waals surface area contributed by atoms with Crippen LogP contribution in [0, 0.1) is 24.2 Å². The van der Waals surface area contributed by atoms with Gasteiger partial charge in [-0.15, -0.1) is 0 Å². The second-order valence-electron chi connectivity index (χ2n) is 11.5. The van der Waals surface area contributed by atoms with Gasteiger partial charge in [-0.05, 0) is 62.1 Å². The minimum atomic E-state index is -0.244. The molecule has 224 valence electrons. The van der Waals surface area contributed by atoms with Gasteiger partial charge in [0.25, 0.3) is 11.5 Å². The Morgan fingerprint density at radius 3 is 2.36 bits per heavy atom. The van der Waals surface area contributed by atoms with Crippen molar-refractivity contribution in [3.8, 4) is 6.07 Å². The second-order valence-corrected chi connectivity index (χ2v) is 13.2. The molecule has 6 nitrogen and oxygen atoms in total. The number of pyridine rings is 1. The first-order valence-electron chi connectivity index (χ1n) is 15.6. The molecule has 42 heavy (non-hydrogen) atoms. The molecule has 2 aliphatic heterocycles. The van der Waals surface area contributed by atoms with Gasteiger partial charge in [0.1, 0.15) is 21.8 Å². The zero-order valence-corrected chi connectivity index (χ0v) is 27.0. The number of piperidine rings is 1. The zero-order chi connectivity index (χ0) is 30.1. The van der Waals surface area contributed by atoms with Gasteiger partial charge in [-0.2, -0.15) is 5.26 Å². The average Bonchev–Trinajstić information content (AvgIpc) is 3.26. The minimum Gasteiger partial charge on any atom is -0.357 e. The fourth-order valence-corrected chi connectivity index (χ4v) is 7.38. The predicted octanol–water partition coefficient (Wildman–Crippen LogP) is 7.46.